The highest BCUT2D eigenvalue weighted by Gasteiger charge is 2.21. The van der Waals surface area contributed by atoms with Crippen LogP contribution in [0.2, 0.25) is 0 Å². The minimum Gasteiger partial charge on any atom is -0.619 e. The number of benzene rings is 1. The van der Waals surface area contributed by atoms with Crippen LogP contribution in [0.4, 0.5) is 5.69 Å². The predicted molar refractivity (Wildman–Crippen MR) is 89.5 cm³/mol. The van der Waals surface area contributed by atoms with Gasteiger partial charge in [-0.3, -0.25) is 9.52 Å². The number of ketones is 1. The number of aromatic nitrogens is 1. The lowest BCUT2D eigenvalue weighted by atomic mass is 10.1. The van der Waals surface area contributed by atoms with Crippen LogP contribution in [0, 0.1) is 5.21 Å². The molecule has 2 rings (SSSR count). The van der Waals surface area contributed by atoms with E-state index in [-0.39, 0.29) is 11.1 Å². The van der Waals surface area contributed by atoms with Crippen LogP contribution in [0.1, 0.15) is 27.6 Å². The van der Waals surface area contributed by atoms with Crippen molar-refractivity contribution in [2.24, 2.45) is 0 Å². The Hall–Kier alpha value is -2.94. The number of rotatable bonds is 6. The van der Waals surface area contributed by atoms with Crippen LogP contribution in [0.25, 0.3) is 0 Å². The van der Waals surface area contributed by atoms with Crippen molar-refractivity contribution in [1.82, 2.24) is 0 Å². The first kappa shape index (κ1) is 18.4. The Kier molecular flexibility index (Phi) is 5.38. The lowest BCUT2D eigenvalue weighted by molar-refractivity contribution is -0.605. The zero-order valence-electron chi connectivity index (χ0n) is 13.5. The summed E-state index contributed by atoms with van der Waals surface area (Å²) in [6.07, 6.45) is 2.28. The van der Waals surface area contributed by atoms with Crippen molar-refractivity contribution in [1.29, 1.82) is 0 Å². The van der Waals surface area contributed by atoms with Crippen molar-refractivity contribution in [3.05, 3.63) is 65.1 Å². The molecule has 1 heterocycles. The number of Topliss-reactive ketones (excluding diaryl/α,β-unsaturated/α-hetero) is 1. The molecule has 0 saturated carbocycles. The normalized spacial score (nSPS) is 12.2. The third-order valence-electron chi connectivity index (χ3n) is 3.16. The number of ether oxygens (including phenoxy) is 1. The van der Waals surface area contributed by atoms with Crippen LogP contribution in [0.5, 0.6) is 0 Å². The molecular weight excluding hydrogens is 348 g/mol. The van der Waals surface area contributed by atoms with Gasteiger partial charge in [0.25, 0.3) is 0 Å². The maximum absolute atomic E-state index is 12.3. The van der Waals surface area contributed by atoms with E-state index in [0.29, 0.717) is 10.4 Å². The van der Waals surface area contributed by atoms with E-state index in [1.807, 2.05) is 0 Å². The van der Waals surface area contributed by atoms with Gasteiger partial charge in [0.1, 0.15) is 0 Å². The Balaban J connectivity index is 2.04. The van der Waals surface area contributed by atoms with Crippen LogP contribution in [0.15, 0.2) is 48.8 Å². The zero-order valence-corrected chi connectivity index (χ0v) is 14.3. The molecule has 0 spiro atoms. The molecule has 1 atom stereocenters. The molecule has 1 N–H and O–H groups in total. The highest BCUT2D eigenvalue weighted by molar-refractivity contribution is 7.92. The number of anilines is 1. The summed E-state index contributed by atoms with van der Waals surface area (Å²) in [5.74, 6) is -1.16. The van der Waals surface area contributed by atoms with Gasteiger partial charge in [-0.05, 0) is 31.2 Å². The van der Waals surface area contributed by atoms with Gasteiger partial charge in [0.15, 0.2) is 18.5 Å². The largest absolute Gasteiger partial charge is 0.619 e. The van der Waals surface area contributed by atoms with Gasteiger partial charge in [-0.25, -0.2) is 13.2 Å². The van der Waals surface area contributed by atoms with E-state index >= 15 is 0 Å². The Labute approximate surface area is 144 Å². The molecule has 25 heavy (non-hydrogen) atoms. The van der Waals surface area contributed by atoms with Crippen molar-refractivity contribution in [2.75, 3.05) is 11.0 Å². The average Bonchev–Trinajstić information content (AvgIpc) is 2.54. The molecule has 0 aliphatic rings. The number of carbonyl (C=O) groups excluding carboxylic acids is 2. The molecule has 2 aromatic rings. The molecule has 8 nitrogen and oxygen atoms in total. The van der Waals surface area contributed by atoms with E-state index in [0.717, 1.165) is 18.6 Å². The number of hydrogen-bond donors (Lipinski definition) is 1. The van der Waals surface area contributed by atoms with Crippen molar-refractivity contribution >= 4 is 27.5 Å². The third kappa shape index (κ3) is 5.28. The molecule has 0 aliphatic heterocycles. The molecule has 1 aromatic carbocycles. The van der Waals surface area contributed by atoms with Gasteiger partial charge in [-0.1, -0.05) is 0 Å². The van der Waals surface area contributed by atoms with Crippen LogP contribution in [0.3, 0.4) is 0 Å². The average molecular weight is 364 g/mol. The Morgan fingerprint density at radius 2 is 1.64 bits per heavy atom. The monoisotopic (exact) mass is 364 g/mol. The van der Waals surface area contributed by atoms with Gasteiger partial charge in [-0.2, -0.15) is 4.73 Å². The molecule has 0 amide bonds. The molecule has 0 saturated heterocycles. The van der Waals surface area contributed by atoms with Gasteiger partial charge in [0.05, 0.1) is 11.8 Å². The van der Waals surface area contributed by atoms with Crippen LogP contribution in [-0.2, 0) is 14.8 Å². The number of nitrogens with one attached hydrogen (secondary N) is 1. The summed E-state index contributed by atoms with van der Waals surface area (Å²) in [5.41, 5.74) is 0.739. The van der Waals surface area contributed by atoms with Gasteiger partial charge >= 0.3 is 5.97 Å². The molecule has 1 aromatic heterocycles. The lowest BCUT2D eigenvalue weighted by Gasteiger charge is -2.12. The lowest BCUT2D eigenvalue weighted by Crippen LogP contribution is -2.27. The van der Waals surface area contributed by atoms with Gasteiger partial charge < -0.3 is 9.94 Å². The second-order valence-corrected chi connectivity index (χ2v) is 7.06. The van der Waals surface area contributed by atoms with E-state index in [9.17, 15) is 23.2 Å². The second kappa shape index (κ2) is 7.31. The van der Waals surface area contributed by atoms with E-state index in [1.54, 1.807) is 0 Å². The summed E-state index contributed by atoms with van der Waals surface area (Å²) < 4.78 is 30.2. The molecule has 0 fully saturated rings. The summed E-state index contributed by atoms with van der Waals surface area (Å²) in [6.45, 7) is 1.43. The first-order valence-corrected chi connectivity index (χ1v) is 9.07. The number of esters is 1. The minimum absolute atomic E-state index is 0.152. The molecule has 0 bridgehead atoms. The smallest absolute Gasteiger partial charge is 0.339 e. The molecular formula is C16H16N2O6S. The summed E-state index contributed by atoms with van der Waals surface area (Å²) in [4.78, 5) is 24.2. The van der Waals surface area contributed by atoms with Crippen LogP contribution >= 0.6 is 0 Å². The van der Waals surface area contributed by atoms with E-state index < -0.39 is 27.9 Å². The fourth-order valence-corrected chi connectivity index (χ4v) is 2.55. The quantitative estimate of drug-likeness (QED) is 0.355. The van der Waals surface area contributed by atoms with Crippen LogP contribution < -0.4 is 9.45 Å². The van der Waals surface area contributed by atoms with Crippen molar-refractivity contribution in [3.8, 4) is 0 Å². The van der Waals surface area contributed by atoms with Crippen molar-refractivity contribution in [2.45, 2.75) is 13.0 Å². The van der Waals surface area contributed by atoms with E-state index in [1.165, 1.54) is 43.3 Å². The standard InChI is InChI=1S/C16H16N2O6S/c1-11(24-16(20)13-7-9-18(21)10-8-13)15(19)12-3-5-14(6-4-12)17-25(2,22)23/h3-11,17H,1-2H3/t11-/m0/s1. The first-order valence-electron chi connectivity index (χ1n) is 7.17. The Morgan fingerprint density at radius 3 is 2.16 bits per heavy atom. The number of sulfonamides is 1. The fraction of sp³-hybridized carbons (Fsp3) is 0.188. The summed E-state index contributed by atoms with van der Waals surface area (Å²) >= 11 is 0. The minimum atomic E-state index is -3.40. The van der Waals surface area contributed by atoms with Crippen LogP contribution in [-0.4, -0.2) is 32.5 Å². The topological polar surface area (TPSA) is 116 Å². The summed E-state index contributed by atoms with van der Waals surface area (Å²) in [7, 11) is -3.40. The van der Waals surface area contributed by atoms with Gasteiger partial charge in [0, 0.05) is 23.4 Å². The highest BCUT2D eigenvalue weighted by atomic mass is 32.2. The second-order valence-electron chi connectivity index (χ2n) is 5.31. The number of nitrogens with zero attached hydrogens (tertiary/aromatic N) is 1. The summed E-state index contributed by atoms with van der Waals surface area (Å²) in [5, 5.41) is 10.9. The van der Waals surface area contributed by atoms with Gasteiger partial charge in [-0.15, -0.1) is 0 Å². The molecule has 132 valence electrons. The molecule has 0 aliphatic carbocycles. The van der Waals surface area contributed by atoms with Crippen molar-refractivity contribution < 1.29 is 27.5 Å². The maximum atomic E-state index is 12.3. The van der Waals surface area contributed by atoms with Crippen molar-refractivity contribution in [3.63, 3.8) is 0 Å². The number of pyridine rings is 1. The van der Waals surface area contributed by atoms with E-state index in [2.05, 4.69) is 4.72 Å². The number of hydrogen-bond acceptors (Lipinski definition) is 6. The molecule has 0 radical (unpaired) electrons. The maximum Gasteiger partial charge on any atom is 0.339 e. The predicted octanol–water partition coefficient (Wildman–Crippen LogP) is 1.12. The SMILES string of the molecule is C[C@H](OC(=O)c1cc[n+]([O-])cc1)C(=O)c1ccc(NS(C)(=O)=O)cc1. The highest BCUT2D eigenvalue weighted by Crippen LogP contribution is 2.14. The molecule has 0 unspecified atom stereocenters. The first-order chi connectivity index (χ1) is 11.7. The number of carbonyl (C=O) groups is 2. The van der Waals surface area contributed by atoms with Gasteiger partial charge in [0.2, 0.25) is 15.8 Å². The third-order valence-corrected chi connectivity index (χ3v) is 3.77. The fourth-order valence-electron chi connectivity index (χ4n) is 1.98. The molecule has 9 heteroatoms. The Bertz CT molecular complexity index is 876. The zero-order chi connectivity index (χ0) is 18.6. The Morgan fingerprint density at radius 1 is 1.08 bits per heavy atom. The summed E-state index contributed by atoms with van der Waals surface area (Å²) in [6, 6.07) is 8.32. The van der Waals surface area contributed by atoms with E-state index in [4.69, 9.17) is 4.74 Å².